The van der Waals surface area contributed by atoms with Gasteiger partial charge in [-0.15, -0.1) is 6.58 Å². The van der Waals surface area contributed by atoms with Crippen LogP contribution in [-0.4, -0.2) is 31.1 Å². The number of hydrogen-bond acceptors (Lipinski definition) is 5. The summed E-state index contributed by atoms with van der Waals surface area (Å²) in [6.45, 7) is 3.74. The first-order valence-electron chi connectivity index (χ1n) is 8.92. The molecule has 0 atom stereocenters. The van der Waals surface area contributed by atoms with Crippen LogP contribution in [0.25, 0.3) is 6.08 Å². The standard InChI is InChI=1S/C22H19FN2O4S/c1-4-5-14-10-13(12-18(28-2)19(14)29-3)11-17-20(26)24-22(30)25(21(17)27)16-8-6-15(23)7-9-16/h4,6-12H,1,5H2,2-3H3,(H,24,26,30)/b17-11-. The van der Waals surface area contributed by atoms with E-state index in [1.165, 1.54) is 44.6 Å². The molecule has 3 rings (SSSR count). The zero-order valence-corrected chi connectivity index (χ0v) is 17.2. The molecule has 30 heavy (non-hydrogen) atoms. The first-order chi connectivity index (χ1) is 14.4. The van der Waals surface area contributed by atoms with Crippen molar-refractivity contribution in [2.24, 2.45) is 0 Å². The van der Waals surface area contributed by atoms with Crippen LogP contribution in [0.3, 0.4) is 0 Å². The van der Waals surface area contributed by atoms with E-state index < -0.39 is 17.6 Å². The number of methoxy groups -OCH3 is 2. The smallest absolute Gasteiger partial charge is 0.270 e. The van der Waals surface area contributed by atoms with E-state index in [-0.39, 0.29) is 10.7 Å². The van der Waals surface area contributed by atoms with Crippen molar-refractivity contribution < 1.29 is 23.5 Å². The van der Waals surface area contributed by atoms with E-state index in [1.54, 1.807) is 18.2 Å². The third-order valence-corrected chi connectivity index (χ3v) is 4.72. The van der Waals surface area contributed by atoms with Crippen LogP contribution >= 0.6 is 12.2 Å². The highest BCUT2D eigenvalue weighted by Gasteiger charge is 2.34. The molecule has 0 radical (unpaired) electrons. The summed E-state index contributed by atoms with van der Waals surface area (Å²) in [5, 5.41) is 2.42. The lowest BCUT2D eigenvalue weighted by Gasteiger charge is -2.29. The first-order valence-corrected chi connectivity index (χ1v) is 9.33. The fourth-order valence-corrected chi connectivity index (χ4v) is 3.39. The number of nitrogens with one attached hydrogen (secondary N) is 1. The summed E-state index contributed by atoms with van der Waals surface area (Å²) in [4.78, 5) is 26.7. The molecule has 154 valence electrons. The molecular weight excluding hydrogens is 407 g/mol. The Labute approximate surface area is 178 Å². The van der Waals surface area contributed by atoms with Crippen molar-refractivity contribution >= 4 is 40.9 Å². The van der Waals surface area contributed by atoms with E-state index in [9.17, 15) is 14.0 Å². The number of hydrogen-bond donors (Lipinski definition) is 1. The molecule has 0 aromatic heterocycles. The van der Waals surface area contributed by atoms with Crippen molar-refractivity contribution in [1.82, 2.24) is 5.32 Å². The van der Waals surface area contributed by atoms with Gasteiger partial charge < -0.3 is 9.47 Å². The predicted octanol–water partition coefficient (Wildman–Crippen LogP) is 3.40. The Hall–Kier alpha value is -3.52. The molecule has 1 N–H and O–H groups in total. The van der Waals surface area contributed by atoms with Gasteiger partial charge in [-0.1, -0.05) is 6.08 Å². The topological polar surface area (TPSA) is 67.9 Å². The second-order valence-corrected chi connectivity index (χ2v) is 6.73. The summed E-state index contributed by atoms with van der Waals surface area (Å²) in [5.41, 5.74) is 1.57. The van der Waals surface area contributed by atoms with E-state index in [2.05, 4.69) is 11.9 Å². The van der Waals surface area contributed by atoms with E-state index >= 15 is 0 Å². The monoisotopic (exact) mass is 426 g/mol. The second-order valence-electron chi connectivity index (χ2n) is 6.34. The maximum absolute atomic E-state index is 13.3. The van der Waals surface area contributed by atoms with Gasteiger partial charge in [0.2, 0.25) is 0 Å². The molecule has 1 aliphatic rings. The number of amides is 2. The Morgan fingerprint density at radius 2 is 1.87 bits per heavy atom. The molecule has 0 spiro atoms. The van der Waals surface area contributed by atoms with Crippen molar-refractivity contribution in [3.8, 4) is 11.5 Å². The van der Waals surface area contributed by atoms with Crippen LogP contribution in [0.4, 0.5) is 10.1 Å². The molecule has 2 aromatic carbocycles. The number of allylic oxidation sites excluding steroid dienone is 1. The molecule has 0 unspecified atom stereocenters. The van der Waals surface area contributed by atoms with Crippen LogP contribution in [-0.2, 0) is 16.0 Å². The van der Waals surface area contributed by atoms with Crippen molar-refractivity contribution in [3.63, 3.8) is 0 Å². The van der Waals surface area contributed by atoms with Gasteiger partial charge in [-0.25, -0.2) is 4.39 Å². The van der Waals surface area contributed by atoms with Crippen LogP contribution in [0, 0.1) is 5.82 Å². The third kappa shape index (κ3) is 4.08. The van der Waals surface area contributed by atoms with Crippen LogP contribution in [0.5, 0.6) is 11.5 Å². The molecule has 1 saturated heterocycles. The number of benzene rings is 2. The van der Waals surface area contributed by atoms with Gasteiger partial charge in [0.25, 0.3) is 11.8 Å². The number of nitrogens with zero attached hydrogens (tertiary/aromatic N) is 1. The molecule has 2 amide bonds. The first kappa shape index (κ1) is 21.2. The number of rotatable bonds is 6. The Morgan fingerprint density at radius 3 is 2.47 bits per heavy atom. The second kappa shape index (κ2) is 8.87. The minimum atomic E-state index is -0.622. The lowest BCUT2D eigenvalue weighted by molar-refractivity contribution is -0.122. The SMILES string of the molecule is C=CCc1cc(/C=C2/C(=O)NC(=S)N(c3ccc(F)cc3)C2=O)cc(OC)c1OC. The van der Waals surface area contributed by atoms with Gasteiger partial charge in [0.1, 0.15) is 11.4 Å². The number of carbonyl (C=O) groups excluding carboxylic acids is 2. The number of thiocarbonyl (C=S) groups is 1. The summed E-state index contributed by atoms with van der Waals surface area (Å²) in [6.07, 6.45) is 3.66. The van der Waals surface area contributed by atoms with E-state index in [4.69, 9.17) is 21.7 Å². The Morgan fingerprint density at radius 1 is 1.17 bits per heavy atom. The highest BCUT2D eigenvalue weighted by molar-refractivity contribution is 7.80. The molecule has 0 bridgehead atoms. The molecule has 8 heteroatoms. The molecule has 0 saturated carbocycles. The lowest BCUT2D eigenvalue weighted by Crippen LogP contribution is -2.54. The Balaban J connectivity index is 2.07. The van der Waals surface area contributed by atoms with E-state index in [1.807, 2.05) is 0 Å². The lowest BCUT2D eigenvalue weighted by atomic mass is 10.0. The van der Waals surface area contributed by atoms with E-state index in [0.29, 0.717) is 29.2 Å². The van der Waals surface area contributed by atoms with Gasteiger partial charge in [-0.2, -0.15) is 0 Å². The van der Waals surface area contributed by atoms with Crippen LogP contribution in [0.15, 0.2) is 54.6 Å². The average molecular weight is 426 g/mol. The predicted molar refractivity (Wildman–Crippen MR) is 116 cm³/mol. The van der Waals surface area contributed by atoms with Crippen molar-refractivity contribution in [1.29, 1.82) is 0 Å². The summed E-state index contributed by atoms with van der Waals surface area (Å²) in [5.74, 6) is -0.681. The molecular formula is C22H19FN2O4S. The molecule has 2 aromatic rings. The quantitative estimate of drug-likeness (QED) is 0.332. The van der Waals surface area contributed by atoms with Gasteiger partial charge in [-0.3, -0.25) is 19.8 Å². The molecule has 1 fully saturated rings. The van der Waals surface area contributed by atoms with Crippen LogP contribution in [0.2, 0.25) is 0 Å². The number of anilines is 1. The van der Waals surface area contributed by atoms with Crippen molar-refractivity contribution in [2.45, 2.75) is 6.42 Å². The Bertz CT molecular complexity index is 1060. The van der Waals surface area contributed by atoms with Crippen molar-refractivity contribution in [3.05, 3.63) is 71.6 Å². The number of halogens is 1. The van der Waals surface area contributed by atoms with Crippen LogP contribution in [0.1, 0.15) is 11.1 Å². The van der Waals surface area contributed by atoms with Gasteiger partial charge >= 0.3 is 0 Å². The molecule has 1 aliphatic heterocycles. The van der Waals surface area contributed by atoms with Gasteiger partial charge in [0.05, 0.1) is 19.9 Å². The zero-order valence-electron chi connectivity index (χ0n) is 16.4. The largest absolute Gasteiger partial charge is 0.493 e. The number of carbonyl (C=O) groups is 2. The molecule has 1 heterocycles. The summed E-state index contributed by atoms with van der Waals surface area (Å²) < 4.78 is 24.1. The van der Waals surface area contributed by atoms with Gasteiger partial charge in [-0.05, 0) is 66.7 Å². The Kier molecular flexibility index (Phi) is 6.27. The van der Waals surface area contributed by atoms with Gasteiger partial charge in [0.15, 0.2) is 16.6 Å². The highest BCUT2D eigenvalue weighted by Crippen LogP contribution is 2.34. The summed E-state index contributed by atoms with van der Waals surface area (Å²) >= 11 is 5.15. The average Bonchev–Trinajstić information content (AvgIpc) is 2.72. The minimum Gasteiger partial charge on any atom is -0.493 e. The fourth-order valence-electron chi connectivity index (χ4n) is 3.11. The van der Waals surface area contributed by atoms with Crippen molar-refractivity contribution in [2.75, 3.05) is 19.1 Å². The summed E-state index contributed by atoms with van der Waals surface area (Å²) in [6, 6.07) is 8.68. The van der Waals surface area contributed by atoms with Gasteiger partial charge in [0, 0.05) is 5.56 Å². The third-order valence-electron chi connectivity index (χ3n) is 4.44. The zero-order chi connectivity index (χ0) is 21.8. The maximum atomic E-state index is 13.3. The maximum Gasteiger partial charge on any atom is 0.270 e. The number of ether oxygens (including phenoxy) is 2. The molecule has 6 nitrogen and oxygen atoms in total. The summed E-state index contributed by atoms with van der Waals surface area (Å²) in [7, 11) is 3.03. The fraction of sp³-hybridized carbons (Fsp3) is 0.136. The van der Waals surface area contributed by atoms with E-state index in [0.717, 1.165) is 10.5 Å². The molecule has 0 aliphatic carbocycles. The highest BCUT2D eigenvalue weighted by atomic mass is 32.1. The normalized spacial score (nSPS) is 15.2. The minimum absolute atomic E-state index is 0.0755. The van der Waals surface area contributed by atoms with Crippen LogP contribution < -0.4 is 19.7 Å².